The van der Waals surface area contributed by atoms with Gasteiger partial charge < -0.3 is 19.3 Å². The van der Waals surface area contributed by atoms with Crippen molar-refractivity contribution in [1.29, 1.82) is 10.5 Å². The van der Waals surface area contributed by atoms with Gasteiger partial charge in [-0.2, -0.15) is 36.9 Å². The normalized spacial score (nSPS) is 14.1. The highest BCUT2D eigenvalue weighted by Crippen LogP contribution is 2.37. The van der Waals surface area contributed by atoms with Crippen LogP contribution in [0.2, 0.25) is 0 Å². The van der Waals surface area contributed by atoms with Crippen LogP contribution in [0.25, 0.3) is 0 Å². The molecule has 0 saturated carbocycles. The molecule has 0 bridgehead atoms. The predicted octanol–water partition coefficient (Wildman–Crippen LogP) is 4.74. The first-order chi connectivity index (χ1) is 32.7. The number of hydrogen-bond donors (Lipinski definition) is 2. The Bertz CT molecular complexity index is 3010. The highest BCUT2D eigenvalue weighted by molar-refractivity contribution is 7.89. The zero-order valence-corrected chi connectivity index (χ0v) is 37.8. The lowest BCUT2D eigenvalue weighted by Crippen LogP contribution is -2.55. The van der Waals surface area contributed by atoms with Crippen LogP contribution in [0.1, 0.15) is 68.2 Å². The van der Waals surface area contributed by atoms with Crippen molar-refractivity contribution >= 4 is 55.4 Å². The third-order valence-corrected chi connectivity index (χ3v) is 12.4. The zero-order chi connectivity index (χ0) is 51.9. The lowest BCUT2D eigenvalue weighted by molar-refractivity contribution is -0.142. The van der Waals surface area contributed by atoms with Crippen molar-refractivity contribution in [1.82, 2.24) is 19.4 Å². The molecule has 2 saturated heterocycles. The van der Waals surface area contributed by atoms with E-state index in [4.69, 9.17) is 0 Å². The highest BCUT2D eigenvalue weighted by Gasteiger charge is 2.44. The Morgan fingerprint density at radius 1 is 0.671 bits per heavy atom. The molecule has 2 fully saturated rings. The quantitative estimate of drug-likeness (QED) is 0.128. The molecular weight excluding hydrogens is 993 g/mol. The van der Waals surface area contributed by atoms with Gasteiger partial charge in [-0.3, -0.25) is 19.0 Å². The van der Waals surface area contributed by atoms with E-state index in [-0.39, 0.29) is 61.6 Å². The molecule has 372 valence electrons. The van der Waals surface area contributed by atoms with Gasteiger partial charge in [0.1, 0.15) is 35.4 Å². The first kappa shape index (κ1) is 53.5. The van der Waals surface area contributed by atoms with Crippen molar-refractivity contribution in [3.05, 3.63) is 117 Å². The van der Waals surface area contributed by atoms with Crippen LogP contribution in [0.15, 0.2) is 60.7 Å². The van der Waals surface area contributed by atoms with Crippen LogP contribution in [-0.2, 0) is 63.0 Å². The Labute approximate surface area is 392 Å². The molecular formula is C42H36F8N8O10S2. The number of halogens is 8. The molecule has 6 rings (SSSR count). The van der Waals surface area contributed by atoms with Gasteiger partial charge in [-0.05, 0) is 49.7 Å². The first-order valence-corrected chi connectivity index (χ1v) is 23.5. The van der Waals surface area contributed by atoms with Crippen LogP contribution in [0.4, 0.5) is 46.8 Å². The number of carbonyl (C=O) groups excluding carboxylic acids is 4. The molecule has 2 aromatic carbocycles. The van der Waals surface area contributed by atoms with Crippen LogP contribution in [-0.4, -0.2) is 89.9 Å². The minimum atomic E-state index is -5.03. The summed E-state index contributed by atoms with van der Waals surface area (Å²) >= 11 is 0. The van der Waals surface area contributed by atoms with Crippen LogP contribution in [0.3, 0.4) is 0 Å². The number of esters is 2. The number of nitrogens with one attached hydrogen (secondary N) is 2. The summed E-state index contributed by atoms with van der Waals surface area (Å²) in [4.78, 5) is 57.9. The third-order valence-electron chi connectivity index (χ3n) is 9.94. The second-order valence-corrected chi connectivity index (χ2v) is 18.5. The molecule has 0 spiro atoms. The van der Waals surface area contributed by atoms with E-state index >= 15 is 0 Å². The predicted molar refractivity (Wildman–Crippen MR) is 226 cm³/mol. The molecule has 2 aromatic heterocycles. The Balaban J connectivity index is 0.000000261. The highest BCUT2D eigenvalue weighted by atomic mass is 32.2. The summed E-state index contributed by atoms with van der Waals surface area (Å²) in [5, 5.41) is 18.7. The molecule has 4 heterocycles. The summed E-state index contributed by atoms with van der Waals surface area (Å²) in [7, 11) is -8.41. The van der Waals surface area contributed by atoms with E-state index in [9.17, 15) is 81.7 Å². The molecule has 28 heteroatoms. The summed E-state index contributed by atoms with van der Waals surface area (Å²) in [6.07, 6.45) is -10.1. The number of hydrogen-bond acceptors (Lipinski definition) is 16. The van der Waals surface area contributed by atoms with E-state index in [1.165, 1.54) is 54.0 Å². The zero-order valence-electron chi connectivity index (χ0n) is 36.2. The van der Waals surface area contributed by atoms with E-state index in [1.807, 2.05) is 9.44 Å². The fourth-order valence-corrected chi connectivity index (χ4v) is 9.01. The number of carbonyl (C=O) groups is 4. The standard InChI is InChI=1S/2C21H18F4N4O5S/c1-2-34-20(31)16-7-13(8-26)18(27-17(16)21(23,24)25)29-9-14(10-29)19(30)28-35(32,33)11-12-4-3-5-15(22)6-12;1-2-34-20(31)15-7-13(8-26)18(27-17(15)21(23,24)25)29-9-14(10-29)19(30)28-35(32,33)11-12-5-3-4-6-16(12)22/h2*3-7,14H,2,9-11H2,1H3,(H,28,30). The van der Waals surface area contributed by atoms with Gasteiger partial charge >= 0.3 is 24.3 Å². The van der Waals surface area contributed by atoms with Crippen molar-refractivity contribution in [3.63, 3.8) is 0 Å². The van der Waals surface area contributed by atoms with Crippen LogP contribution < -0.4 is 19.2 Å². The Morgan fingerprint density at radius 2 is 1.10 bits per heavy atom. The monoisotopic (exact) mass is 1030 g/mol. The van der Waals surface area contributed by atoms with Crippen molar-refractivity contribution in [2.75, 3.05) is 49.2 Å². The molecule has 2 aliphatic rings. The summed E-state index contributed by atoms with van der Waals surface area (Å²) in [6, 6.07) is 14.7. The fraction of sp³-hybridized carbons (Fsp3) is 0.333. The molecule has 0 aliphatic carbocycles. The van der Waals surface area contributed by atoms with Gasteiger partial charge in [0.05, 0.1) is 58.8 Å². The average molecular weight is 1030 g/mol. The smallest absolute Gasteiger partial charge is 0.434 e. The van der Waals surface area contributed by atoms with Gasteiger partial charge in [-0.15, -0.1) is 0 Å². The minimum Gasteiger partial charge on any atom is -0.462 e. The number of pyridine rings is 2. The second-order valence-electron chi connectivity index (χ2n) is 15.0. The number of anilines is 2. The van der Waals surface area contributed by atoms with E-state index in [0.717, 1.165) is 30.3 Å². The Kier molecular flexibility index (Phi) is 16.4. The average Bonchev–Trinajstić information content (AvgIpc) is 3.22. The molecule has 18 nitrogen and oxygen atoms in total. The van der Waals surface area contributed by atoms with E-state index < -0.39 is 125 Å². The van der Waals surface area contributed by atoms with Gasteiger partial charge in [0.25, 0.3) is 0 Å². The van der Waals surface area contributed by atoms with Crippen molar-refractivity contribution in [3.8, 4) is 12.1 Å². The summed E-state index contributed by atoms with van der Waals surface area (Å²) in [5.74, 6) is -9.97. The maximum absolute atomic E-state index is 13.7. The number of amides is 2. The molecule has 2 amide bonds. The van der Waals surface area contributed by atoms with Crippen LogP contribution in [0.5, 0.6) is 0 Å². The number of aromatic nitrogens is 2. The van der Waals surface area contributed by atoms with Crippen molar-refractivity contribution in [2.45, 2.75) is 37.7 Å². The number of benzene rings is 2. The SMILES string of the molecule is CCOC(=O)c1cc(C#N)c(N2CC(C(=O)NS(=O)(=O)Cc3cccc(F)c3)C2)nc1C(F)(F)F.CCOC(=O)c1cc(C#N)c(N2CC(C(=O)NS(=O)(=O)Cc3ccccc3F)C2)nc1C(F)(F)F. The maximum atomic E-state index is 13.7. The van der Waals surface area contributed by atoms with Gasteiger partial charge in [0.15, 0.2) is 11.4 Å². The number of alkyl halides is 6. The lowest BCUT2D eigenvalue weighted by Gasteiger charge is -2.39. The molecule has 2 N–H and O–H groups in total. The number of nitriles is 2. The molecule has 0 unspecified atom stereocenters. The number of ether oxygens (including phenoxy) is 2. The summed E-state index contributed by atoms with van der Waals surface area (Å²) in [5.41, 5.74) is -5.67. The maximum Gasteiger partial charge on any atom is 0.434 e. The number of sulfonamides is 2. The first-order valence-electron chi connectivity index (χ1n) is 20.2. The van der Waals surface area contributed by atoms with Gasteiger partial charge in [-0.1, -0.05) is 30.3 Å². The van der Waals surface area contributed by atoms with Crippen molar-refractivity contribution in [2.24, 2.45) is 11.8 Å². The summed E-state index contributed by atoms with van der Waals surface area (Å²) < 4.78 is 170. The Morgan fingerprint density at radius 3 is 1.49 bits per heavy atom. The largest absolute Gasteiger partial charge is 0.462 e. The van der Waals surface area contributed by atoms with Gasteiger partial charge in [0, 0.05) is 31.7 Å². The van der Waals surface area contributed by atoms with Gasteiger partial charge in [0.2, 0.25) is 31.9 Å². The second kappa shape index (κ2) is 21.5. The number of rotatable bonds is 14. The molecule has 0 atom stereocenters. The van der Waals surface area contributed by atoms with E-state index in [2.05, 4.69) is 19.4 Å². The van der Waals surface area contributed by atoms with E-state index in [0.29, 0.717) is 0 Å². The van der Waals surface area contributed by atoms with Crippen molar-refractivity contribution < 1.29 is 80.6 Å². The van der Waals surface area contributed by atoms with Gasteiger partial charge in [-0.25, -0.2) is 45.2 Å². The molecule has 4 aromatic rings. The van der Waals surface area contributed by atoms with Crippen LogP contribution >= 0.6 is 0 Å². The Hall–Kier alpha value is -7.46. The molecule has 70 heavy (non-hydrogen) atoms. The molecule has 0 radical (unpaired) electrons. The lowest BCUT2D eigenvalue weighted by atomic mass is 9.98. The minimum absolute atomic E-state index is 0.116. The molecule has 2 aliphatic heterocycles. The number of nitrogens with zero attached hydrogens (tertiary/aromatic N) is 6. The third kappa shape index (κ3) is 13.2. The van der Waals surface area contributed by atoms with Crippen LogP contribution in [0, 0.1) is 46.1 Å². The summed E-state index contributed by atoms with van der Waals surface area (Å²) in [6.45, 7) is 1.50. The fourth-order valence-electron chi connectivity index (χ4n) is 6.66. The topological polar surface area (TPSA) is 259 Å². The van der Waals surface area contributed by atoms with E-state index in [1.54, 1.807) is 12.1 Å².